The Hall–Kier alpha value is -3.00. The average molecular weight is 549 g/mol. The molecular weight excluding hydrogens is 507 g/mol. The minimum absolute atomic E-state index is 0.00777. The Kier molecular flexibility index (Phi) is 10.5. The number of hydrogen-bond acceptors (Lipinski definition) is 4. The number of aryl methyl sites for hydroxylation is 3. The van der Waals surface area contributed by atoms with Gasteiger partial charge < -0.3 is 19.2 Å². The van der Waals surface area contributed by atoms with E-state index in [4.69, 9.17) is 9.15 Å². The van der Waals surface area contributed by atoms with Crippen LogP contribution in [0.4, 0.5) is 13.2 Å². The van der Waals surface area contributed by atoms with Gasteiger partial charge in [-0.15, -0.1) is 0 Å². The maximum absolute atomic E-state index is 14.3. The second-order valence-corrected chi connectivity index (χ2v) is 10.4. The summed E-state index contributed by atoms with van der Waals surface area (Å²) in [5.74, 6) is -2.34. The van der Waals surface area contributed by atoms with Gasteiger partial charge in [0.05, 0.1) is 24.0 Å². The first-order valence-electron chi connectivity index (χ1n) is 14.0. The molecule has 0 aliphatic heterocycles. The first kappa shape index (κ1) is 30.5. The predicted octanol–water partition coefficient (Wildman–Crippen LogP) is 7.25. The van der Waals surface area contributed by atoms with E-state index in [1.54, 1.807) is 26.0 Å². The molecule has 0 fully saturated rings. The lowest BCUT2D eigenvalue weighted by atomic mass is 9.98. The van der Waals surface area contributed by atoms with Crippen molar-refractivity contribution in [3.05, 3.63) is 62.5 Å². The Morgan fingerprint density at radius 1 is 0.949 bits per heavy atom. The van der Waals surface area contributed by atoms with Gasteiger partial charge >= 0.3 is 6.18 Å². The fourth-order valence-electron chi connectivity index (χ4n) is 4.98. The number of hydrogen-bond donors (Lipinski definition) is 2. The van der Waals surface area contributed by atoms with Crippen LogP contribution in [0.25, 0.3) is 11.0 Å². The van der Waals surface area contributed by atoms with Gasteiger partial charge in [-0.1, -0.05) is 45.6 Å². The third-order valence-corrected chi connectivity index (χ3v) is 7.07. The normalized spacial score (nSPS) is 12.7. The van der Waals surface area contributed by atoms with Crippen molar-refractivity contribution in [3.63, 3.8) is 0 Å². The van der Waals surface area contributed by atoms with Gasteiger partial charge in [0.25, 0.3) is 5.76 Å². The summed E-state index contributed by atoms with van der Waals surface area (Å²) < 4.78 is 54.0. The van der Waals surface area contributed by atoms with Gasteiger partial charge in [-0.05, 0) is 74.9 Å². The molecule has 0 spiro atoms. The highest BCUT2D eigenvalue weighted by Gasteiger charge is 2.41. The van der Waals surface area contributed by atoms with E-state index in [0.717, 1.165) is 61.1 Å². The number of aromatic hydroxyl groups is 1. The molecule has 39 heavy (non-hydrogen) atoms. The van der Waals surface area contributed by atoms with E-state index in [-0.39, 0.29) is 34.6 Å². The molecule has 0 aliphatic rings. The lowest BCUT2D eigenvalue weighted by Crippen LogP contribution is -3.10. The number of alkyl halides is 3. The van der Waals surface area contributed by atoms with Gasteiger partial charge in [-0.3, -0.25) is 4.79 Å². The van der Waals surface area contributed by atoms with Gasteiger partial charge in [-0.25, -0.2) is 0 Å². The lowest BCUT2D eigenvalue weighted by Gasteiger charge is -2.21. The minimum Gasteiger partial charge on any atom is -0.507 e. The van der Waals surface area contributed by atoms with Gasteiger partial charge in [0.15, 0.2) is 5.58 Å². The first-order valence-corrected chi connectivity index (χ1v) is 14.0. The van der Waals surface area contributed by atoms with E-state index >= 15 is 0 Å². The van der Waals surface area contributed by atoms with E-state index < -0.39 is 23.1 Å². The molecule has 3 aromatic rings. The lowest BCUT2D eigenvalue weighted by molar-refractivity contribution is -0.912. The first-order chi connectivity index (χ1) is 18.5. The number of phenolic OH excluding ortho intramolecular Hbond substituents is 1. The van der Waals surface area contributed by atoms with Gasteiger partial charge in [0.1, 0.15) is 18.0 Å². The number of nitrogens with one attached hydrogen (secondary N) is 1. The predicted molar refractivity (Wildman–Crippen MR) is 148 cm³/mol. The van der Waals surface area contributed by atoms with Crippen molar-refractivity contribution in [1.82, 2.24) is 0 Å². The smallest absolute Gasteiger partial charge is 0.453 e. The molecule has 0 saturated carbocycles. The molecule has 0 saturated heterocycles. The molecule has 1 unspecified atom stereocenters. The standard InChI is InChI=1S/C31H40F3NO4/c1-6-9-11-12-13-22-18-24-27(37)29(38-23-16-20(4)15-21(5)17-23)30(31(32,33)34)39-28(24)25(26(22)36)19-35(8-3)14-10-7-2/h15-18,36H,6-14,19H2,1-5H3/p+1. The van der Waals surface area contributed by atoms with Gasteiger partial charge in [0, 0.05) is 0 Å². The van der Waals surface area contributed by atoms with Crippen molar-refractivity contribution in [2.24, 2.45) is 0 Å². The summed E-state index contributed by atoms with van der Waals surface area (Å²) >= 11 is 0. The van der Waals surface area contributed by atoms with Crippen LogP contribution >= 0.6 is 0 Å². The Morgan fingerprint density at radius 3 is 2.21 bits per heavy atom. The molecule has 0 bridgehead atoms. The molecule has 2 N–H and O–H groups in total. The fraction of sp³-hybridized carbons (Fsp3) is 0.516. The number of fused-ring (bicyclic) bond motifs is 1. The van der Waals surface area contributed by atoms with Crippen molar-refractivity contribution in [2.45, 2.75) is 92.3 Å². The molecule has 8 heteroatoms. The van der Waals surface area contributed by atoms with Crippen molar-refractivity contribution in [2.75, 3.05) is 13.1 Å². The van der Waals surface area contributed by atoms with Crippen LogP contribution in [-0.4, -0.2) is 18.2 Å². The zero-order chi connectivity index (χ0) is 28.7. The monoisotopic (exact) mass is 548 g/mol. The summed E-state index contributed by atoms with van der Waals surface area (Å²) in [6.45, 7) is 11.5. The highest BCUT2D eigenvalue weighted by molar-refractivity contribution is 5.85. The summed E-state index contributed by atoms with van der Waals surface area (Å²) in [4.78, 5) is 14.8. The van der Waals surface area contributed by atoms with Crippen LogP contribution in [0.15, 0.2) is 33.5 Å². The quantitative estimate of drug-likeness (QED) is 0.221. The van der Waals surface area contributed by atoms with E-state index in [0.29, 0.717) is 18.5 Å². The second kappa shape index (κ2) is 13.4. The summed E-state index contributed by atoms with van der Waals surface area (Å²) in [7, 11) is 0. The summed E-state index contributed by atoms with van der Waals surface area (Å²) in [6, 6.07) is 6.50. The number of halogens is 3. The topological polar surface area (TPSA) is 64.1 Å². The molecular formula is C31H41F3NO4+. The molecule has 1 aromatic heterocycles. The Morgan fingerprint density at radius 2 is 1.62 bits per heavy atom. The van der Waals surface area contributed by atoms with E-state index in [9.17, 15) is 23.1 Å². The van der Waals surface area contributed by atoms with Crippen LogP contribution in [0.1, 0.15) is 87.3 Å². The second-order valence-electron chi connectivity index (χ2n) is 10.4. The maximum Gasteiger partial charge on any atom is 0.453 e. The molecule has 1 atom stereocenters. The summed E-state index contributed by atoms with van der Waals surface area (Å²) in [6.07, 6.45) is 1.27. The number of phenols is 1. The van der Waals surface area contributed by atoms with E-state index in [1.807, 2.05) is 13.0 Å². The van der Waals surface area contributed by atoms with Crippen LogP contribution in [0.3, 0.4) is 0 Å². The molecule has 3 rings (SSSR count). The van der Waals surface area contributed by atoms with Crippen LogP contribution < -0.4 is 15.1 Å². The maximum atomic E-state index is 14.3. The number of rotatable bonds is 13. The molecule has 1 heterocycles. The zero-order valence-corrected chi connectivity index (χ0v) is 23.7. The highest BCUT2D eigenvalue weighted by atomic mass is 19.4. The van der Waals surface area contributed by atoms with E-state index in [1.165, 1.54) is 6.07 Å². The Bertz CT molecular complexity index is 1310. The minimum atomic E-state index is -4.98. The molecule has 0 aliphatic carbocycles. The van der Waals surface area contributed by atoms with Crippen molar-refractivity contribution >= 4 is 11.0 Å². The van der Waals surface area contributed by atoms with Crippen LogP contribution in [0.5, 0.6) is 17.2 Å². The molecule has 2 aromatic carbocycles. The third-order valence-electron chi connectivity index (χ3n) is 7.07. The SMILES string of the molecule is CCCCCCc1cc2c(=O)c(Oc3cc(C)cc(C)c3)c(C(F)(F)F)oc2c(C[NH+](CC)CCCC)c1O. The summed E-state index contributed by atoms with van der Waals surface area (Å²) in [5, 5.41) is 11.3. The van der Waals surface area contributed by atoms with Crippen molar-refractivity contribution < 1.29 is 32.3 Å². The van der Waals surface area contributed by atoms with Gasteiger partial charge in [-0.2, -0.15) is 13.2 Å². The number of benzene rings is 2. The molecule has 214 valence electrons. The van der Waals surface area contributed by atoms with E-state index in [2.05, 4.69) is 13.8 Å². The van der Waals surface area contributed by atoms with Crippen LogP contribution in [0.2, 0.25) is 0 Å². The number of unbranched alkanes of at least 4 members (excludes halogenated alkanes) is 4. The summed E-state index contributed by atoms with van der Waals surface area (Å²) in [5.41, 5.74) is 1.25. The molecule has 5 nitrogen and oxygen atoms in total. The van der Waals surface area contributed by atoms with Crippen molar-refractivity contribution in [3.8, 4) is 17.2 Å². The Balaban J connectivity index is 2.26. The van der Waals surface area contributed by atoms with Gasteiger partial charge in [0.2, 0.25) is 11.2 Å². The van der Waals surface area contributed by atoms with Crippen molar-refractivity contribution in [1.29, 1.82) is 0 Å². The van der Waals surface area contributed by atoms with Crippen LogP contribution in [-0.2, 0) is 19.1 Å². The van der Waals surface area contributed by atoms with Crippen LogP contribution in [0, 0.1) is 13.8 Å². The largest absolute Gasteiger partial charge is 0.507 e. The average Bonchev–Trinajstić information content (AvgIpc) is 2.86. The third kappa shape index (κ3) is 7.56. The molecule has 0 amide bonds. The molecule has 0 radical (unpaired) electrons. The number of quaternary nitrogens is 1. The fourth-order valence-corrected chi connectivity index (χ4v) is 4.98. The highest BCUT2D eigenvalue weighted by Crippen LogP contribution is 2.41. The number of ether oxygens (including phenoxy) is 1. The Labute approximate surface area is 228 Å². The zero-order valence-electron chi connectivity index (χ0n) is 23.7.